The van der Waals surface area contributed by atoms with Gasteiger partial charge in [0.25, 0.3) is 0 Å². The summed E-state index contributed by atoms with van der Waals surface area (Å²) in [6.07, 6.45) is 94.3. The number of carbonyl (C=O) groups excluding carboxylic acids is 2. The molecule has 0 saturated carbocycles. The SMILES string of the molecule is CC/C=C\C/C=C\C/C=C\C/C=C\C/C=C\C/C=C\C/C=C\CCCCCCCCCCCCCCCC(=O)OC(CO)COC(=O)CCCCCCCCCCCCCC/C=C\C/C=C\C/C=C\C/C=C\CC. The van der Waals surface area contributed by atoms with E-state index < -0.39 is 6.10 Å². The molecule has 0 aliphatic heterocycles. The lowest BCUT2D eigenvalue weighted by Gasteiger charge is -2.15. The highest BCUT2D eigenvalue weighted by atomic mass is 16.6. The smallest absolute Gasteiger partial charge is 0.306 e. The van der Waals surface area contributed by atoms with Crippen LogP contribution in [0.2, 0.25) is 0 Å². The zero-order chi connectivity index (χ0) is 53.4. The van der Waals surface area contributed by atoms with E-state index in [0.717, 1.165) is 109 Å². The Morgan fingerprint density at radius 2 is 0.541 bits per heavy atom. The molecule has 74 heavy (non-hydrogen) atoms. The number of esters is 2. The van der Waals surface area contributed by atoms with Crippen LogP contribution in [0.15, 0.2) is 134 Å². The molecule has 0 radical (unpaired) electrons. The van der Waals surface area contributed by atoms with Crippen molar-refractivity contribution in [2.45, 2.75) is 277 Å². The molecule has 0 heterocycles. The van der Waals surface area contributed by atoms with Crippen LogP contribution in [-0.2, 0) is 19.1 Å². The van der Waals surface area contributed by atoms with Crippen molar-refractivity contribution in [1.82, 2.24) is 0 Å². The van der Waals surface area contributed by atoms with Crippen molar-refractivity contribution in [1.29, 1.82) is 0 Å². The molecule has 0 bridgehead atoms. The molecule has 0 rings (SSSR count). The average molecular weight is 1020 g/mol. The molecule has 420 valence electrons. The standard InChI is InChI=1S/C69H114O5/c1-3-5-7-9-11-13-15-17-19-21-23-25-27-29-30-31-32-33-34-35-36-37-38-40-42-44-46-48-50-52-54-56-58-60-62-64-69(72)74-67(65-70)66-73-68(71)63-61-59-57-55-53-51-49-47-45-43-41-39-28-26-24-22-20-18-16-14-12-10-8-6-4-2/h5-8,11-14,17-20,23-26,29-30,32-33,35-36,67,70H,3-4,9-10,15-16,21-22,27-28,31,34,37-66H2,1-2H3/b7-5-,8-6-,13-11-,14-12-,19-17-,20-18-,25-23-,26-24-,30-29-,33-32-,36-35-. The van der Waals surface area contributed by atoms with Crippen LogP contribution < -0.4 is 0 Å². The van der Waals surface area contributed by atoms with Gasteiger partial charge in [0.05, 0.1) is 6.61 Å². The molecule has 0 aromatic rings. The molecule has 0 saturated heterocycles. The lowest BCUT2D eigenvalue weighted by atomic mass is 10.0. The van der Waals surface area contributed by atoms with Crippen LogP contribution in [0.4, 0.5) is 0 Å². The Hall–Kier alpha value is -3.96. The van der Waals surface area contributed by atoms with E-state index in [0.29, 0.717) is 12.8 Å². The van der Waals surface area contributed by atoms with Gasteiger partial charge in [-0.25, -0.2) is 0 Å². The number of rotatable bonds is 55. The molecule has 0 aliphatic carbocycles. The van der Waals surface area contributed by atoms with Gasteiger partial charge >= 0.3 is 11.9 Å². The van der Waals surface area contributed by atoms with Gasteiger partial charge in [-0.1, -0.05) is 282 Å². The number of hydrogen-bond acceptors (Lipinski definition) is 5. The van der Waals surface area contributed by atoms with E-state index in [2.05, 4.69) is 148 Å². The van der Waals surface area contributed by atoms with Crippen molar-refractivity contribution in [3.63, 3.8) is 0 Å². The molecule has 0 fully saturated rings. The van der Waals surface area contributed by atoms with Crippen LogP contribution in [-0.4, -0.2) is 36.4 Å². The Labute approximate surface area is 457 Å². The third-order valence-electron chi connectivity index (χ3n) is 12.9. The minimum Gasteiger partial charge on any atom is -0.462 e. The van der Waals surface area contributed by atoms with Gasteiger partial charge in [0, 0.05) is 12.8 Å². The number of hydrogen-bond donors (Lipinski definition) is 1. The highest BCUT2D eigenvalue weighted by molar-refractivity contribution is 5.70. The summed E-state index contributed by atoms with van der Waals surface area (Å²) in [6, 6.07) is 0. The summed E-state index contributed by atoms with van der Waals surface area (Å²) in [4.78, 5) is 24.6. The summed E-state index contributed by atoms with van der Waals surface area (Å²) in [6.45, 7) is 3.92. The Balaban J connectivity index is 3.52. The van der Waals surface area contributed by atoms with Crippen LogP contribution in [0.3, 0.4) is 0 Å². The van der Waals surface area contributed by atoms with E-state index in [9.17, 15) is 14.7 Å². The van der Waals surface area contributed by atoms with Crippen molar-refractivity contribution in [2.24, 2.45) is 0 Å². The number of unbranched alkanes of at least 4 members (excludes halogenated alkanes) is 25. The van der Waals surface area contributed by atoms with Gasteiger partial charge in [-0.05, 0) is 109 Å². The van der Waals surface area contributed by atoms with E-state index in [1.54, 1.807) is 0 Å². The lowest BCUT2D eigenvalue weighted by Crippen LogP contribution is -2.28. The van der Waals surface area contributed by atoms with Crippen LogP contribution in [0.25, 0.3) is 0 Å². The van der Waals surface area contributed by atoms with E-state index in [-0.39, 0.29) is 25.2 Å². The van der Waals surface area contributed by atoms with E-state index >= 15 is 0 Å². The molecular formula is C69H114O5. The second kappa shape index (κ2) is 63.3. The Bertz CT molecular complexity index is 1530. The maximum atomic E-state index is 12.3. The molecule has 0 aliphatic rings. The number of allylic oxidation sites excluding steroid dienone is 22. The van der Waals surface area contributed by atoms with E-state index in [4.69, 9.17) is 9.47 Å². The molecule has 1 unspecified atom stereocenters. The van der Waals surface area contributed by atoms with Gasteiger partial charge in [-0.2, -0.15) is 0 Å². The highest BCUT2D eigenvalue weighted by Gasteiger charge is 2.16. The molecule has 5 heteroatoms. The number of aliphatic hydroxyl groups excluding tert-OH is 1. The first kappa shape index (κ1) is 70.0. The zero-order valence-electron chi connectivity index (χ0n) is 48.1. The molecule has 0 aromatic carbocycles. The number of carbonyl (C=O) groups is 2. The van der Waals surface area contributed by atoms with Crippen LogP contribution in [0.1, 0.15) is 271 Å². The zero-order valence-corrected chi connectivity index (χ0v) is 48.1. The summed E-state index contributed by atoms with van der Waals surface area (Å²) in [7, 11) is 0. The van der Waals surface area contributed by atoms with Crippen LogP contribution >= 0.6 is 0 Å². The predicted molar refractivity (Wildman–Crippen MR) is 324 cm³/mol. The summed E-state index contributed by atoms with van der Waals surface area (Å²) in [5.74, 6) is -0.594. The van der Waals surface area contributed by atoms with Gasteiger partial charge in [0.2, 0.25) is 0 Å². The predicted octanol–water partition coefficient (Wildman–Crippen LogP) is 21.2. The average Bonchev–Trinajstić information content (AvgIpc) is 3.40. The molecule has 0 aromatic heterocycles. The van der Waals surface area contributed by atoms with Crippen molar-refractivity contribution >= 4 is 11.9 Å². The molecule has 0 spiro atoms. The fraction of sp³-hybridized carbons (Fsp3) is 0.652. The molecule has 1 N–H and O–H groups in total. The van der Waals surface area contributed by atoms with E-state index in [1.165, 1.54) is 135 Å². The van der Waals surface area contributed by atoms with E-state index in [1.807, 2.05) is 0 Å². The fourth-order valence-corrected chi connectivity index (χ4v) is 8.41. The first-order chi connectivity index (χ1) is 36.6. The second-order valence-corrected chi connectivity index (χ2v) is 20.0. The molecular weight excluding hydrogens is 909 g/mol. The largest absolute Gasteiger partial charge is 0.462 e. The first-order valence-corrected chi connectivity index (χ1v) is 30.7. The summed E-state index contributed by atoms with van der Waals surface area (Å²) >= 11 is 0. The van der Waals surface area contributed by atoms with Gasteiger partial charge in [-0.3, -0.25) is 9.59 Å². The summed E-state index contributed by atoms with van der Waals surface area (Å²) < 4.78 is 10.7. The Kier molecular flexibility index (Phi) is 59.9. The number of aliphatic hydroxyl groups is 1. The quantitative estimate of drug-likeness (QED) is 0.0373. The van der Waals surface area contributed by atoms with Crippen molar-refractivity contribution in [3.8, 4) is 0 Å². The monoisotopic (exact) mass is 1020 g/mol. The van der Waals surface area contributed by atoms with Gasteiger partial charge in [-0.15, -0.1) is 0 Å². The Morgan fingerprint density at radius 1 is 0.311 bits per heavy atom. The lowest BCUT2D eigenvalue weighted by molar-refractivity contribution is -0.161. The summed E-state index contributed by atoms with van der Waals surface area (Å²) in [5.41, 5.74) is 0. The summed E-state index contributed by atoms with van der Waals surface area (Å²) in [5, 5.41) is 9.68. The highest BCUT2D eigenvalue weighted by Crippen LogP contribution is 2.16. The second-order valence-electron chi connectivity index (χ2n) is 20.0. The topological polar surface area (TPSA) is 72.8 Å². The third-order valence-corrected chi connectivity index (χ3v) is 12.9. The van der Waals surface area contributed by atoms with Gasteiger partial charge < -0.3 is 14.6 Å². The fourth-order valence-electron chi connectivity index (χ4n) is 8.41. The minimum absolute atomic E-state index is 0.0726. The van der Waals surface area contributed by atoms with Crippen LogP contribution in [0, 0.1) is 0 Å². The van der Waals surface area contributed by atoms with Gasteiger partial charge in [0.15, 0.2) is 6.10 Å². The third kappa shape index (κ3) is 60.6. The first-order valence-electron chi connectivity index (χ1n) is 30.7. The Morgan fingerprint density at radius 3 is 0.811 bits per heavy atom. The van der Waals surface area contributed by atoms with Gasteiger partial charge in [0.1, 0.15) is 6.61 Å². The number of ether oxygens (including phenoxy) is 2. The van der Waals surface area contributed by atoms with Crippen molar-refractivity contribution in [2.75, 3.05) is 13.2 Å². The molecule has 5 nitrogen and oxygen atoms in total. The normalized spacial score (nSPS) is 13.2. The van der Waals surface area contributed by atoms with Crippen molar-refractivity contribution < 1.29 is 24.2 Å². The van der Waals surface area contributed by atoms with Crippen molar-refractivity contribution in [3.05, 3.63) is 134 Å². The maximum Gasteiger partial charge on any atom is 0.306 e. The minimum atomic E-state index is -0.783. The molecule has 0 amide bonds. The maximum absolute atomic E-state index is 12.3. The van der Waals surface area contributed by atoms with Crippen LogP contribution in [0.5, 0.6) is 0 Å². The molecule has 1 atom stereocenters.